The molecule has 4 rings (SSSR count). The maximum Gasteiger partial charge on any atom is 0.255 e. The van der Waals surface area contributed by atoms with Crippen LogP contribution in [-0.4, -0.2) is 58.6 Å². The lowest BCUT2D eigenvalue weighted by Crippen LogP contribution is -2.40. The molecule has 0 aliphatic carbocycles. The van der Waals surface area contributed by atoms with E-state index in [1.54, 1.807) is 11.1 Å². The number of pyridine rings is 1. The summed E-state index contributed by atoms with van der Waals surface area (Å²) >= 11 is 0. The zero-order valence-corrected chi connectivity index (χ0v) is 14.4. The minimum atomic E-state index is 0.00891. The second-order valence-electron chi connectivity index (χ2n) is 6.21. The second-order valence-corrected chi connectivity index (χ2v) is 6.21. The lowest BCUT2D eigenvalue weighted by Gasteiger charge is -2.26. The summed E-state index contributed by atoms with van der Waals surface area (Å²) in [6, 6.07) is 11.6. The van der Waals surface area contributed by atoms with Crippen molar-refractivity contribution in [2.24, 2.45) is 0 Å². The highest BCUT2D eigenvalue weighted by atomic mass is 16.5. The lowest BCUT2D eigenvalue weighted by molar-refractivity contribution is 0.0302. The zero-order chi connectivity index (χ0) is 17.8. The van der Waals surface area contributed by atoms with Gasteiger partial charge in [-0.25, -0.2) is 9.97 Å². The summed E-state index contributed by atoms with van der Waals surface area (Å²) in [5.41, 5.74) is 2.63. The molecule has 1 aromatic carbocycles. The molecule has 0 radical (unpaired) electrons. The Balaban J connectivity index is 1.31. The van der Waals surface area contributed by atoms with Crippen molar-refractivity contribution in [3.8, 4) is 0 Å². The Hall–Kier alpha value is -2.93. The summed E-state index contributed by atoms with van der Waals surface area (Å²) in [6.07, 6.45) is 2.39. The fourth-order valence-corrected chi connectivity index (χ4v) is 3.01. The molecule has 26 heavy (non-hydrogen) atoms. The molecule has 1 saturated heterocycles. The molecular formula is C19H21N5O2. The maximum atomic E-state index is 12.4. The number of benzene rings is 1. The van der Waals surface area contributed by atoms with Gasteiger partial charge < -0.3 is 19.9 Å². The van der Waals surface area contributed by atoms with Crippen molar-refractivity contribution in [2.45, 2.75) is 6.42 Å². The number of nitrogens with zero attached hydrogens (tertiary/aromatic N) is 3. The molecule has 1 aliphatic rings. The Bertz CT molecular complexity index is 851. The van der Waals surface area contributed by atoms with Crippen molar-refractivity contribution >= 4 is 22.8 Å². The van der Waals surface area contributed by atoms with Crippen molar-refractivity contribution in [1.29, 1.82) is 0 Å². The molecule has 0 unspecified atom stereocenters. The van der Waals surface area contributed by atoms with Crippen LogP contribution in [0.2, 0.25) is 0 Å². The van der Waals surface area contributed by atoms with Gasteiger partial charge in [-0.05, 0) is 24.3 Å². The van der Waals surface area contributed by atoms with Crippen LogP contribution in [0.15, 0.2) is 42.6 Å². The van der Waals surface area contributed by atoms with Gasteiger partial charge in [0.05, 0.1) is 29.8 Å². The number of hydrogen-bond acceptors (Lipinski definition) is 5. The van der Waals surface area contributed by atoms with E-state index in [1.165, 1.54) is 0 Å². The van der Waals surface area contributed by atoms with Crippen LogP contribution in [0.3, 0.4) is 0 Å². The molecular weight excluding hydrogens is 330 g/mol. The predicted molar refractivity (Wildman–Crippen MR) is 99.2 cm³/mol. The summed E-state index contributed by atoms with van der Waals surface area (Å²) in [6.45, 7) is 3.18. The number of fused-ring (bicyclic) bond motifs is 1. The first-order valence-electron chi connectivity index (χ1n) is 8.80. The summed E-state index contributed by atoms with van der Waals surface area (Å²) in [5.74, 6) is 1.70. The van der Waals surface area contributed by atoms with Gasteiger partial charge in [0.25, 0.3) is 5.91 Å². The van der Waals surface area contributed by atoms with Crippen molar-refractivity contribution in [3.63, 3.8) is 0 Å². The third-order valence-corrected chi connectivity index (χ3v) is 4.42. The number of para-hydroxylation sites is 2. The van der Waals surface area contributed by atoms with Gasteiger partial charge in [0.2, 0.25) is 0 Å². The van der Waals surface area contributed by atoms with Crippen molar-refractivity contribution in [2.75, 3.05) is 38.2 Å². The molecule has 2 N–H and O–H groups in total. The summed E-state index contributed by atoms with van der Waals surface area (Å²) < 4.78 is 5.28. The van der Waals surface area contributed by atoms with E-state index < -0.39 is 0 Å². The molecule has 0 saturated carbocycles. The molecule has 1 aliphatic heterocycles. The van der Waals surface area contributed by atoms with E-state index in [1.807, 2.05) is 36.4 Å². The number of aromatic nitrogens is 3. The summed E-state index contributed by atoms with van der Waals surface area (Å²) in [4.78, 5) is 26.4. The number of carbonyl (C=O) groups is 1. The van der Waals surface area contributed by atoms with Crippen molar-refractivity contribution in [3.05, 3.63) is 54.0 Å². The van der Waals surface area contributed by atoms with Gasteiger partial charge in [0.1, 0.15) is 11.6 Å². The summed E-state index contributed by atoms with van der Waals surface area (Å²) in [5, 5.41) is 3.27. The SMILES string of the molecule is O=C(c1ccc(NCCc2nc3ccccc3[nH]2)nc1)N1CCOCC1. The van der Waals surface area contributed by atoms with Crippen LogP contribution in [0.4, 0.5) is 5.82 Å². The molecule has 7 heteroatoms. The van der Waals surface area contributed by atoms with Crippen LogP contribution in [0, 0.1) is 0 Å². The molecule has 1 amide bonds. The number of ether oxygens (including phenoxy) is 1. The number of anilines is 1. The molecule has 7 nitrogen and oxygen atoms in total. The van der Waals surface area contributed by atoms with Gasteiger partial charge in [0.15, 0.2) is 0 Å². The van der Waals surface area contributed by atoms with Gasteiger partial charge in [-0.3, -0.25) is 4.79 Å². The monoisotopic (exact) mass is 351 g/mol. The number of amides is 1. The van der Waals surface area contributed by atoms with Gasteiger partial charge in [0, 0.05) is 32.3 Å². The Morgan fingerprint density at radius 1 is 1.19 bits per heavy atom. The summed E-state index contributed by atoms with van der Waals surface area (Å²) in [7, 11) is 0. The van der Waals surface area contributed by atoms with E-state index in [-0.39, 0.29) is 5.91 Å². The quantitative estimate of drug-likeness (QED) is 0.735. The molecule has 134 valence electrons. The van der Waals surface area contributed by atoms with Crippen LogP contribution in [0.25, 0.3) is 11.0 Å². The first kappa shape index (κ1) is 16.5. The van der Waals surface area contributed by atoms with Crippen LogP contribution in [-0.2, 0) is 11.2 Å². The van der Waals surface area contributed by atoms with E-state index >= 15 is 0 Å². The number of imidazole rings is 1. The van der Waals surface area contributed by atoms with E-state index in [4.69, 9.17) is 4.74 Å². The lowest BCUT2D eigenvalue weighted by atomic mass is 10.2. The topological polar surface area (TPSA) is 83.1 Å². The first-order valence-corrected chi connectivity index (χ1v) is 8.80. The van der Waals surface area contributed by atoms with Gasteiger partial charge >= 0.3 is 0 Å². The Morgan fingerprint density at radius 2 is 2.04 bits per heavy atom. The molecule has 3 heterocycles. The number of carbonyl (C=O) groups excluding carboxylic acids is 1. The normalized spacial score (nSPS) is 14.5. The smallest absolute Gasteiger partial charge is 0.255 e. The van der Waals surface area contributed by atoms with E-state index in [9.17, 15) is 4.79 Å². The average molecular weight is 351 g/mol. The third kappa shape index (κ3) is 3.67. The largest absolute Gasteiger partial charge is 0.378 e. The molecule has 0 atom stereocenters. The van der Waals surface area contributed by atoms with Gasteiger partial charge in [-0.15, -0.1) is 0 Å². The van der Waals surface area contributed by atoms with Gasteiger partial charge in [-0.2, -0.15) is 0 Å². The van der Waals surface area contributed by atoms with Crippen molar-refractivity contribution in [1.82, 2.24) is 19.9 Å². The predicted octanol–water partition coefficient (Wildman–Crippen LogP) is 2.08. The Morgan fingerprint density at radius 3 is 2.81 bits per heavy atom. The molecule has 0 bridgehead atoms. The molecule has 0 spiro atoms. The molecule has 1 fully saturated rings. The molecule has 2 aromatic heterocycles. The number of morpholine rings is 1. The number of hydrogen-bond donors (Lipinski definition) is 2. The Kier molecular flexibility index (Phi) is 4.79. The van der Waals surface area contributed by atoms with Crippen LogP contribution in [0.5, 0.6) is 0 Å². The number of nitrogens with one attached hydrogen (secondary N) is 2. The van der Waals surface area contributed by atoms with E-state index in [0.717, 1.165) is 29.1 Å². The minimum absolute atomic E-state index is 0.00891. The van der Waals surface area contributed by atoms with E-state index in [0.29, 0.717) is 38.4 Å². The van der Waals surface area contributed by atoms with Crippen LogP contribution in [0.1, 0.15) is 16.2 Å². The number of rotatable bonds is 5. The number of aromatic amines is 1. The maximum absolute atomic E-state index is 12.4. The first-order chi connectivity index (χ1) is 12.8. The van der Waals surface area contributed by atoms with Gasteiger partial charge in [-0.1, -0.05) is 12.1 Å². The zero-order valence-electron chi connectivity index (χ0n) is 14.4. The second kappa shape index (κ2) is 7.53. The minimum Gasteiger partial charge on any atom is -0.378 e. The molecule has 3 aromatic rings. The van der Waals surface area contributed by atoms with Crippen molar-refractivity contribution < 1.29 is 9.53 Å². The average Bonchev–Trinajstić information content (AvgIpc) is 3.11. The van der Waals surface area contributed by atoms with Crippen LogP contribution >= 0.6 is 0 Å². The van der Waals surface area contributed by atoms with Crippen LogP contribution < -0.4 is 5.32 Å². The van der Waals surface area contributed by atoms with E-state index in [2.05, 4.69) is 20.3 Å². The Labute approximate surface area is 151 Å². The number of H-pyrrole nitrogens is 1. The fraction of sp³-hybridized carbons (Fsp3) is 0.316. The highest BCUT2D eigenvalue weighted by Gasteiger charge is 2.18. The highest BCUT2D eigenvalue weighted by molar-refractivity contribution is 5.94. The highest BCUT2D eigenvalue weighted by Crippen LogP contribution is 2.12. The fourth-order valence-electron chi connectivity index (χ4n) is 3.01. The third-order valence-electron chi connectivity index (χ3n) is 4.42. The standard InChI is InChI=1S/C19H21N5O2/c25-19(24-9-11-26-12-10-24)14-5-6-17(21-13-14)20-8-7-18-22-15-3-1-2-4-16(15)23-18/h1-6,13H,7-12H2,(H,20,21)(H,22,23).